The monoisotopic (exact) mass is 305 g/mol. The van der Waals surface area contributed by atoms with E-state index in [9.17, 15) is 9.18 Å². The van der Waals surface area contributed by atoms with Crippen LogP contribution in [0, 0.1) is 5.82 Å². The number of aryl methyl sites for hydroxylation is 1. The molecule has 8 heteroatoms. The average molecular weight is 305 g/mol. The Labute approximate surface area is 126 Å². The highest BCUT2D eigenvalue weighted by molar-refractivity contribution is 5.94. The van der Waals surface area contributed by atoms with Crippen LogP contribution >= 0.6 is 0 Å². The van der Waals surface area contributed by atoms with Crippen LogP contribution in [0.25, 0.3) is 0 Å². The molecule has 2 aromatic rings. The number of carbonyl (C=O) groups excluding carboxylic acids is 1. The molecule has 1 fully saturated rings. The quantitative estimate of drug-likeness (QED) is 0.918. The van der Waals surface area contributed by atoms with Gasteiger partial charge in [0.05, 0.1) is 24.9 Å². The molecule has 1 amide bonds. The average Bonchev–Trinajstić information content (AvgIpc) is 3.04. The maximum Gasteiger partial charge on any atom is 0.257 e. The van der Waals surface area contributed by atoms with Crippen LogP contribution in [0.4, 0.5) is 4.39 Å². The lowest BCUT2D eigenvalue weighted by Gasteiger charge is -2.31. The molecule has 7 nitrogen and oxygen atoms in total. The Morgan fingerprint density at radius 2 is 2.45 bits per heavy atom. The van der Waals surface area contributed by atoms with E-state index in [1.165, 1.54) is 12.3 Å². The van der Waals surface area contributed by atoms with Gasteiger partial charge in [-0.15, -0.1) is 0 Å². The summed E-state index contributed by atoms with van der Waals surface area (Å²) in [4.78, 5) is 21.9. The predicted molar refractivity (Wildman–Crippen MR) is 74.6 cm³/mol. The second kappa shape index (κ2) is 6.18. The zero-order valence-corrected chi connectivity index (χ0v) is 12.1. The van der Waals surface area contributed by atoms with Crippen LogP contribution in [-0.4, -0.2) is 50.7 Å². The summed E-state index contributed by atoms with van der Waals surface area (Å²) in [7, 11) is 0. The molecule has 0 aromatic carbocycles. The minimum atomic E-state index is -0.623. The van der Waals surface area contributed by atoms with Gasteiger partial charge in [0.1, 0.15) is 11.9 Å². The number of rotatable bonds is 3. The van der Waals surface area contributed by atoms with E-state index in [0.717, 1.165) is 18.4 Å². The molecule has 0 aliphatic carbocycles. The molecule has 1 aliphatic rings. The van der Waals surface area contributed by atoms with Crippen LogP contribution in [0.2, 0.25) is 0 Å². The van der Waals surface area contributed by atoms with Crippen molar-refractivity contribution in [3.05, 3.63) is 41.5 Å². The van der Waals surface area contributed by atoms with Crippen LogP contribution in [0.3, 0.4) is 0 Å². The summed E-state index contributed by atoms with van der Waals surface area (Å²) >= 11 is 0. The van der Waals surface area contributed by atoms with Gasteiger partial charge in [0.2, 0.25) is 0 Å². The van der Waals surface area contributed by atoms with Crippen LogP contribution < -0.4 is 0 Å². The third-order valence-electron chi connectivity index (χ3n) is 3.53. The van der Waals surface area contributed by atoms with E-state index in [0.29, 0.717) is 25.5 Å². The number of amides is 1. The molecule has 0 saturated carbocycles. The number of hydrogen-bond acceptors (Lipinski definition) is 5. The first-order valence-corrected chi connectivity index (χ1v) is 7.10. The summed E-state index contributed by atoms with van der Waals surface area (Å²) in [6.07, 6.45) is 2.77. The van der Waals surface area contributed by atoms with E-state index in [2.05, 4.69) is 20.2 Å². The minimum Gasteiger partial charge on any atom is -0.366 e. The SMILES string of the molecule is CCc1nc(C2CN(C(=O)c3ccncc3F)CCO2)n[nH]1. The zero-order chi connectivity index (χ0) is 15.5. The van der Waals surface area contributed by atoms with Gasteiger partial charge in [0, 0.05) is 19.2 Å². The van der Waals surface area contributed by atoms with Gasteiger partial charge in [-0.25, -0.2) is 9.37 Å². The van der Waals surface area contributed by atoms with Crippen LogP contribution in [0.1, 0.15) is 35.0 Å². The summed E-state index contributed by atoms with van der Waals surface area (Å²) in [5.74, 6) is 0.285. The number of halogens is 1. The topological polar surface area (TPSA) is 84.0 Å². The highest BCUT2D eigenvalue weighted by Gasteiger charge is 2.29. The van der Waals surface area contributed by atoms with Crippen molar-refractivity contribution in [2.75, 3.05) is 19.7 Å². The second-order valence-electron chi connectivity index (χ2n) is 4.96. The third kappa shape index (κ3) is 2.82. The molecule has 0 radical (unpaired) electrons. The normalized spacial score (nSPS) is 18.5. The van der Waals surface area contributed by atoms with Gasteiger partial charge in [-0.2, -0.15) is 5.10 Å². The van der Waals surface area contributed by atoms with Crippen LogP contribution in [-0.2, 0) is 11.2 Å². The zero-order valence-electron chi connectivity index (χ0n) is 12.1. The number of nitrogens with zero attached hydrogens (tertiary/aromatic N) is 4. The predicted octanol–water partition coefficient (Wildman–Crippen LogP) is 1.11. The maximum atomic E-state index is 13.7. The van der Waals surface area contributed by atoms with Gasteiger partial charge >= 0.3 is 0 Å². The fourth-order valence-corrected chi connectivity index (χ4v) is 2.32. The summed E-state index contributed by atoms with van der Waals surface area (Å²) in [6, 6.07) is 1.38. The summed E-state index contributed by atoms with van der Waals surface area (Å²) in [5.41, 5.74) is 0.0138. The highest BCUT2D eigenvalue weighted by Crippen LogP contribution is 2.21. The van der Waals surface area contributed by atoms with Crippen molar-refractivity contribution in [2.45, 2.75) is 19.4 Å². The maximum absolute atomic E-state index is 13.7. The molecule has 2 aromatic heterocycles. The number of morpholine rings is 1. The molecular weight excluding hydrogens is 289 g/mol. The van der Waals surface area contributed by atoms with Gasteiger partial charge < -0.3 is 9.64 Å². The van der Waals surface area contributed by atoms with E-state index >= 15 is 0 Å². The molecule has 0 spiro atoms. The molecular formula is C14H16FN5O2. The van der Waals surface area contributed by atoms with E-state index in [-0.39, 0.29) is 11.5 Å². The minimum absolute atomic E-state index is 0.0138. The largest absolute Gasteiger partial charge is 0.366 e. The molecule has 3 heterocycles. The second-order valence-corrected chi connectivity index (χ2v) is 4.96. The van der Waals surface area contributed by atoms with Gasteiger partial charge in [-0.3, -0.25) is 14.9 Å². The smallest absolute Gasteiger partial charge is 0.257 e. The molecule has 0 bridgehead atoms. The molecule has 22 heavy (non-hydrogen) atoms. The van der Waals surface area contributed by atoms with Gasteiger partial charge in [0.25, 0.3) is 5.91 Å². The lowest BCUT2D eigenvalue weighted by Crippen LogP contribution is -2.42. The fraction of sp³-hybridized carbons (Fsp3) is 0.429. The van der Waals surface area contributed by atoms with Crippen molar-refractivity contribution in [2.24, 2.45) is 0 Å². The van der Waals surface area contributed by atoms with Gasteiger partial charge in [-0.1, -0.05) is 6.92 Å². The fourth-order valence-electron chi connectivity index (χ4n) is 2.32. The van der Waals surface area contributed by atoms with E-state index in [1.54, 1.807) is 4.90 Å². The Kier molecular flexibility index (Phi) is 4.10. The number of ether oxygens (including phenoxy) is 1. The standard InChI is InChI=1S/C14H16FN5O2/c1-2-12-17-13(19-18-12)11-8-20(5-6-22-11)14(21)9-3-4-16-7-10(9)15/h3-4,7,11H,2,5-6,8H2,1H3,(H,17,18,19). The van der Waals surface area contributed by atoms with Crippen molar-refractivity contribution in [3.8, 4) is 0 Å². The first-order chi connectivity index (χ1) is 10.7. The Morgan fingerprint density at radius 1 is 1.59 bits per heavy atom. The Hall–Kier alpha value is -2.35. The molecule has 1 unspecified atom stereocenters. The van der Waals surface area contributed by atoms with Gasteiger partial charge in [0.15, 0.2) is 11.6 Å². The summed E-state index contributed by atoms with van der Waals surface area (Å²) in [6.45, 7) is 3.02. The molecule has 1 aliphatic heterocycles. The van der Waals surface area contributed by atoms with Crippen molar-refractivity contribution in [1.29, 1.82) is 0 Å². The van der Waals surface area contributed by atoms with Gasteiger partial charge in [-0.05, 0) is 6.07 Å². The molecule has 3 rings (SSSR count). The Bertz CT molecular complexity index is 675. The Balaban J connectivity index is 1.75. The highest BCUT2D eigenvalue weighted by atomic mass is 19.1. The Morgan fingerprint density at radius 3 is 3.18 bits per heavy atom. The van der Waals surface area contributed by atoms with Crippen molar-refractivity contribution >= 4 is 5.91 Å². The number of aromatic nitrogens is 4. The number of pyridine rings is 1. The molecule has 116 valence electrons. The van der Waals surface area contributed by atoms with Crippen molar-refractivity contribution in [1.82, 2.24) is 25.1 Å². The lowest BCUT2D eigenvalue weighted by atomic mass is 10.2. The van der Waals surface area contributed by atoms with Crippen LogP contribution in [0.5, 0.6) is 0 Å². The summed E-state index contributed by atoms with van der Waals surface area (Å²) in [5, 5.41) is 6.94. The number of H-pyrrole nitrogens is 1. The van der Waals surface area contributed by atoms with E-state index in [4.69, 9.17) is 4.74 Å². The van der Waals surface area contributed by atoms with Crippen LogP contribution in [0.15, 0.2) is 18.5 Å². The number of nitrogens with one attached hydrogen (secondary N) is 1. The molecule has 1 atom stereocenters. The summed E-state index contributed by atoms with van der Waals surface area (Å²) < 4.78 is 19.3. The van der Waals surface area contributed by atoms with E-state index < -0.39 is 11.9 Å². The van der Waals surface area contributed by atoms with Crippen molar-refractivity contribution in [3.63, 3.8) is 0 Å². The van der Waals surface area contributed by atoms with Crippen molar-refractivity contribution < 1.29 is 13.9 Å². The molecule has 1 saturated heterocycles. The first-order valence-electron chi connectivity index (χ1n) is 7.10. The van der Waals surface area contributed by atoms with E-state index in [1.807, 2.05) is 6.92 Å². The first kappa shape index (κ1) is 14.6. The lowest BCUT2D eigenvalue weighted by molar-refractivity contribution is -0.0268. The number of hydrogen-bond donors (Lipinski definition) is 1. The number of carbonyl (C=O) groups is 1. The molecule has 1 N–H and O–H groups in total. The third-order valence-corrected chi connectivity index (χ3v) is 3.53. The number of aromatic amines is 1.